The quantitative estimate of drug-likeness (QED) is 0.586. The highest BCUT2D eigenvalue weighted by Gasteiger charge is 2.30. The van der Waals surface area contributed by atoms with E-state index in [0.29, 0.717) is 17.3 Å². The molecule has 0 saturated heterocycles. The van der Waals surface area contributed by atoms with E-state index in [1.54, 1.807) is 12.1 Å². The Morgan fingerprint density at radius 2 is 1.76 bits per heavy atom. The number of aromatic amines is 1. The van der Waals surface area contributed by atoms with Crippen LogP contribution in [0.2, 0.25) is 0 Å². The Morgan fingerprint density at radius 1 is 1.07 bits per heavy atom. The Balaban J connectivity index is 2.05. The highest BCUT2D eigenvalue weighted by molar-refractivity contribution is 7.92. The molecule has 7 heteroatoms. The van der Waals surface area contributed by atoms with Crippen molar-refractivity contribution in [3.63, 3.8) is 0 Å². The van der Waals surface area contributed by atoms with E-state index in [-0.39, 0.29) is 16.8 Å². The van der Waals surface area contributed by atoms with Crippen LogP contribution in [0.25, 0.3) is 10.9 Å². The molecule has 6 nitrogen and oxygen atoms in total. The van der Waals surface area contributed by atoms with Crippen molar-refractivity contribution in [1.82, 2.24) is 4.98 Å². The van der Waals surface area contributed by atoms with Crippen molar-refractivity contribution in [1.29, 1.82) is 0 Å². The fourth-order valence-electron chi connectivity index (χ4n) is 3.61. The first-order valence-corrected chi connectivity index (χ1v) is 11.1. The van der Waals surface area contributed by atoms with Gasteiger partial charge in [-0.1, -0.05) is 13.8 Å². The summed E-state index contributed by atoms with van der Waals surface area (Å²) in [7, 11) is -3.79. The zero-order valence-electron chi connectivity index (χ0n) is 17.1. The molecule has 0 aliphatic carbocycles. The Hall–Kier alpha value is -2.80. The summed E-state index contributed by atoms with van der Waals surface area (Å²) >= 11 is 0. The standard InChI is InChI=1S/C22H27N3O3S/c1-15(2)13-16(3)25(20-7-10-22-18(14-20)11-12-23-22)29(27,28)21-8-5-19(6-9-21)24-17(4)26/h5-12,14-16,23H,13H2,1-4H3,(H,24,26). The van der Waals surface area contributed by atoms with Crippen LogP contribution in [0.3, 0.4) is 0 Å². The lowest BCUT2D eigenvalue weighted by Crippen LogP contribution is -2.39. The molecule has 0 aliphatic heterocycles. The van der Waals surface area contributed by atoms with Gasteiger partial charge >= 0.3 is 0 Å². The molecular formula is C22H27N3O3S. The molecule has 0 saturated carbocycles. The Labute approximate surface area is 172 Å². The van der Waals surface area contributed by atoms with Crippen molar-refractivity contribution in [3.05, 3.63) is 54.7 Å². The van der Waals surface area contributed by atoms with Gasteiger partial charge in [-0.2, -0.15) is 0 Å². The molecule has 0 fully saturated rings. The number of anilines is 2. The average molecular weight is 414 g/mol. The summed E-state index contributed by atoms with van der Waals surface area (Å²) < 4.78 is 28.7. The van der Waals surface area contributed by atoms with Crippen molar-refractivity contribution in [2.45, 2.75) is 45.1 Å². The van der Waals surface area contributed by atoms with Gasteiger partial charge in [0.1, 0.15) is 0 Å². The Morgan fingerprint density at radius 3 is 2.38 bits per heavy atom. The summed E-state index contributed by atoms with van der Waals surface area (Å²) in [6, 6.07) is 13.6. The normalized spacial score (nSPS) is 12.9. The number of carbonyl (C=O) groups is 1. The summed E-state index contributed by atoms with van der Waals surface area (Å²) in [5.41, 5.74) is 2.16. The van der Waals surface area contributed by atoms with Crippen LogP contribution < -0.4 is 9.62 Å². The molecule has 2 N–H and O–H groups in total. The number of hydrogen-bond donors (Lipinski definition) is 2. The number of rotatable bonds is 7. The fraction of sp³-hybridized carbons (Fsp3) is 0.318. The van der Waals surface area contributed by atoms with Crippen LogP contribution >= 0.6 is 0 Å². The summed E-state index contributed by atoms with van der Waals surface area (Å²) in [5, 5.41) is 3.62. The van der Waals surface area contributed by atoms with Gasteiger partial charge in [0, 0.05) is 35.8 Å². The second-order valence-electron chi connectivity index (χ2n) is 7.73. The number of sulfonamides is 1. The minimum absolute atomic E-state index is 0.191. The SMILES string of the molecule is CC(=O)Nc1ccc(S(=O)(=O)N(c2ccc3[nH]ccc3c2)C(C)CC(C)C)cc1. The van der Waals surface area contributed by atoms with E-state index in [4.69, 9.17) is 0 Å². The van der Waals surface area contributed by atoms with Crippen molar-refractivity contribution in [3.8, 4) is 0 Å². The number of fused-ring (bicyclic) bond motifs is 1. The average Bonchev–Trinajstić information content (AvgIpc) is 3.08. The van der Waals surface area contributed by atoms with E-state index in [1.165, 1.54) is 23.4 Å². The zero-order chi connectivity index (χ0) is 21.2. The number of hydrogen-bond acceptors (Lipinski definition) is 3. The Bertz CT molecular complexity index is 1100. The summed E-state index contributed by atoms with van der Waals surface area (Å²) in [6.45, 7) is 7.51. The van der Waals surface area contributed by atoms with Crippen molar-refractivity contribution >= 4 is 38.2 Å². The van der Waals surface area contributed by atoms with Crippen molar-refractivity contribution < 1.29 is 13.2 Å². The van der Waals surface area contributed by atoms with Crippen LogP contribution in [0.1, 0.15) is 34.1 Å². The third kappa shape index (κ3) is 4.62. The van der Waals surface area contributed by atoms with E-state index < -0.39 is 10.0 Å². The van der Waals surface area contributed by atoms with Crippen molar-refractivity contribution in [2.24, 2.45) is 5.92 Å². The van der Waals surface area contributed by atoms with Gasteiger partial charge in [0.05, 0.1) is 10.6 Å². The third-order valence-corrected chi connectivity index (χ3v) is 6.69. The van der Waals surface area contributed by atoms with Gasteiger partial charge < -0.3 is 10.3 Å². The van der Waals surface area contributed by atoms with Gasteiger partial charge in [0.2, 0.25) is 5.91 Å². The number of H-pyrrole nitrogens is 1. The molecule has 154 valence electrons. The highest BCUT2D eigenvalue weighted by atomic mass is 32.2. The molecule has 2 aromatic carbocycles. The van der Waals surface area contributed by atoms with Gasteiger partial charge in [-0.25, -0.2) is 8.42 Å². The molecule has 0 bridgehead atoms. The van der Waals surface area contributed by atoms with Gasteiger partial charge in [-0.05, 0) is 67.8 Å². The minimum Gasteiger partial charge on any atom is -0.361 e. The maximum Gasteiger partial charge on any atom is 0.264 e. The number of benzene rings is 2. The van der Waals surface area contributed by atoms with Crippen LogP contribution in [0.4, 0.5) is 11.4 Å². The second kappa shape index (κ2) is 8.29. The summed E-state index contributed by atoms with van der Waals surface area (Å²) in [4.78, 5) is 14.6. The predicted molar refractivity (Wildman–Crippen MR) is 118 cm³/mol. The maximum atomic E-state index is 13.6. The lowest BCUT2D eigenvalue weighted by atomic mass is 10.0. The second-order valence-corrected chi connectivity index (χ2v) is 9.55. The van der Waals surface area contributed by atoms with Crippen molar-refractivity contribution in [2.75, 3.05) is 9.62 Å². The maximum absolute atomic E-state index is 13.6. The molecule has 3 aromatic rings. The molecule has 0 spiro atoms. The smallest absolute Gasteiger partial charge is 0.264 e. The first-order chi connectivity index (χ1) is 13.7. The molecule has 1 aromatic heterocycles. The number of carbonyl (C=O) groups excluding carboxylic acids is 1. The van der Waals surface area contributed by atoms with Crippen LogP contribution in [0.15, 0.2) is 59.6 Å². The zero-order valence-corrected chi connectivity index (χ0v) is 18.0. The van der Waals surface area contributed by atoms with Crippen LogP contribution in [-0.4, -0.2) is 25.4 Å². The van der Waals surface area contributed by atoms with E-state index in [2.05, 4.69) is 24.1 Å². The van der Waals surface area contributed by atoms with E-state index >= 15 is 0 Å². The molecule has 29 heavy (non-hydrogen) atoms. The number of nitrogens with zero attached hydrogens (tertiary/aromatic N) is 1. The molecule has 0 radical (unpaired) electrons. The lowest BCUT2D eigenvalue weighted by Gasteiger charge is -2.31. The topological polar surface area (TPSA) is 82.3 Å². The fourth-order valence-corrected chi connectivity index (χ4v) is 5.27. The first-order valence-electron chi connectivity index (χ1n) is 9.67. The predicted octanol–water partition coefficient (Wildman–Crippen LogP) is 4.76. The summed E-state index contributed by atoms with van der Waals surface area (Å²) in [6.07, 6.45) is 2.57. The Kier molecular flexibility index (Phi) is 5.98. The lowest BCUT2D eigenvalue weighted by molar-refractivity contribution is -0.114. The number of amides is 1. The molecule has 3 rings (SSSR count). The third-order valence-electron chi connectivity index (χ3n) is 4.74. The first kappa shape index (κ1) is 20.9. The number of nitrogens with one attached hydrogen (secondary N) is 2. The molecular weight excluding hydrogens is 386 g/mol. The molecule has 1 unspecified atom stereocenters. The highest BCUT2D eigenvalue weighted by Crippen LogP contribution is 2.31. The number of aromatic nitrogens is 1. The van der Waals surface area contributed by atoms with Crippen LogP contribution in [0, 0.1) is 5.92 Å². The molecule has 0 aliphatic rings. The van der Waals surface area contributed by atoms with Crippen LogP contribution in [-0.2, 0) is 14.8 Å². The molecule has 1 amide bonds. The van der Waals surface area contributed by atoms with E-state index in [1.807, 2.05) is 37.4 Å². The van der Waals surface area contributed by atoms with Gasteiger partial charge in [-0.3, -0.25) is 9.10 Å². The van der Waals surface area contributed by atoms with E-state index in [9.17, 15) is 13.2 Å². The van der Waals surface area contributed by atoms with Gasteiger partial charge in [-0.15, -0.1) is 0 Å². The van der Waals surface area contributed by atoms with E-state index in [0.717, 1.165) is 17.3 Å². The largest absolute Gasteiger partial charge is 0.361 e. The monoisotopic (exact) mass is 413 g/mol. The van der Waals surface area contributed by atoms with Gasteiger partial charge in [0.15, 0.2) is 0 Å². The van der Waals surface area contributed by atoms with Gasteiger partial charge in [0.25, 0.3) is 10.0 Å². The minimum atomic E-state index is -3.79. The molecule has 1 atom stereocenters. The summed E-state index contributed by atoms with van der Waals surface area (Å²) in [5.74, 6) is 0.147. The molecule has 1 heterocycles. The van der Waals surface area contributed by atoms with Crippen LogP contribution in [0.5, 0.6) is 0 Å².